The molecule has 1 aliphatic heterocycles. The van der Waals surface area contributed by atoms with Crippen LogP contribution in [-0.2, 0) is 20.0 Å². The molecule has 2 aromatic rings. The highest BCUT2D eigenvalue weighted by atomic mass is 16.1. The van der Waals surface area contributed by atoms with Crippen LogP contribution in [0.5, 0.6) is 0 Å². The fraction of sp³-hybridized carbons (Fsp3) is 0.400. The van der Waals surface area contributed by atoms with E-state index in [2.05, 4.69) is 14.9 Å². The maximum atomic E-state index is 12.2. The fourth-order valence-electron chi connectivity index (χ4n) is 2.78. The first kappa shape index (κ1) is 13.4. The molecule has 6 heteroatoms. The van der Waals surface area contributed by atoms with Gasteiger partial charge in [-0.1, -0.05) is 0 Å². The van der Waals surface area contributed by atoms with Gasteiger partial charge in [0.25, 0.3) is 5.91 Å². The van der Waals surface area contributed by atoms with E-state index in [1.807, 2.05) is 18.5 Å². The molecule has 0 unspecified atom stereocenters. The number of imidazole rings is 1. The lowest BCUT2D eigenvalue weighted by Crippen LogP contribution is -2.34. The van der Waals surface area contributed by atoms with Crippen molar-refractivity contribution in [2.45, 2.75) is 19.4 Å². The quantitative estimate of drug-likeness (QED) is 0.916. The molecule has 1 amide bonds. The second kappa shape index (κ2) is 5.44. The second-order valence-corrected chi connectivity index (χ2v) is 5.45. The van der Waals surface area contributed by atoms with Gasteiger partial charge in [-0.2, -0.15) is 5.26 Å². The molecule has 0 spiro atoms. The van der Waals surface area contributed by atoms with Crippen LogP contribution in [0.2, 0.25) is 0 Å². The summed E-state index contributed by atoms with van der Waals surface area (Å²) in [6.45, 7) is 1.54. The van der Waals surface area contributed by atoms with Crippen molar-refractivity contribution in [1.82, 2.24) is 19.4 Å². The van der Waals surface area contributed by atoms with E-state index in [-0.39, 0.29) is 5.91 Å². The smallest absolute Gasteiger partial charge is 0.267 e. The third-order valence-corrected chi connectivity index (χ3v) is 3.95. The first-order chi connectivity index (χ1) is 10.2. The summed E-state index contributed by atoms with van der Waals surface area (Å²) in [5.74, 6) is 1.42. The number of hydrogen-bond donors (Lipinski definition) is 1. The number of fused-ring (bicyclic) bond motifs is 1. The topological polar surface area (TPSA) is 75.6 Å². The summed E-state index contributed by atoms with van der Waals surface area (Å²) in [6, 6.07) is 3.66. The minimum Gasteiger partial charge on any atom is -0.350 e. The summed E-state index contributed by atoms with van der Waals surface area (Å²) in [5, 5.41) is 11.8. The zero-order chi connectivity index (χ0) is 14.8. The molecule has 1 aliphatic rings. The number of nitrogens with one attached hydrogen (secondary N) is 1. The minimum atomic E-state index is -0.129. The molecule has 108 valence electrons. The number of hydrogen-bond acceptors (Lipinski definition) is 3. The molecule has 0 radical (unpaired) electrons. The lowest BCUT2D eigenvalue weighted by molar-refractivity contribution is 0.0935. The Hall–Kier alpha value is -2.55. The van der Waals surface area contributed by atoms with Crippen LogP contribution in [0, 0.1) is 17.2 Å². The summed E-state index contributed by atoms with van der Waals surface area (Å²) in [7, 11) is 1.77. The third kappa shape index (κ3) is 2.68. The van der Waals surface area contributed by atoms with Crippen molar-refractivity contribution in [2.24, 2.45) is 13.0 Å². The Labute approximate surface area is 123 Å². The lowest BCUT2D eigenvalue weighted by atomic mass is 9.99. The number of nitrogens with zero attached hydrogens (tertiary/aromatic N) is 4. The van der Waals surface area contributed by atoms with Crippen LogP contribution >= 0.6 is 0 Å². The van der Waals surface area contributed by atoms with Crippen LogP contribution in [0.15, 0.2) is 24.7 Å². The van der Waals surface area contributed by atoms with Crippen LogP contribution in [0.1, 0.15) is 28.3 Å². The van der Waals surface area contributed by atoms with Crippen molar-refractivity contribution >= 4 is 5.91 Å². The Morgan fingerprint density at radius 3 is 3.24 bits per heavy atom. The Morgan fingerprint density at radius 1 is 1.62 bits per heavy atom. The summed E-state index contributed by atoms with van der Waals surface area (Å²) in [6.07, 6.45) is 7.46. The van der Waals surface area contributed by atoms with Gasteiger partial charge >= 0.3 is 0 Å². The maximum Gasteiger partial charge on any atom is 0.267 e. The van der Waals surface area contributed by atoms with Crippen molar-refractivity contribution in [3.05, 3.63) is 41.7 Å². The number of nitriles is 1. The van der Waals surface area contributed by atoms with Crippen LogP contribution < -0.4 is 5.32 Å². The Kier molecular flexibility index (Phi) is 3.48. The molecule has 0 aromatic carbocycles. The highest BCUT2D eigenvalue weighted by Gasteiger charge is 2.20. The van der Waals surface area contributed by atoms with E-state index in [9.17, 15) is 4.79 Å². The van der Waals surface area contributed by atoms with Gasteiger partial charge in [0.1, 0.15) is 17.6 Å². The molecule has 0 saturated heterocycles. The van der Waals surface area contributed by atoms with E-state index in [1.54, 1.807) is 23.9 Å². The van der Waals surface area contributed by atoms with Crippen LogP contribution in [-0.4, -0.2) is 26.6 Å². The van der Waals surface area contributed by atoms with Crippen molar-refractivity contribution < 1.29 is 4.79 Å². The molecule has 3 heterocycles. The monoisotopic (exact) mass is 283 g/mol. The predicted octanol–water partition coefficient (Wildman–Crippen LogP) is 1.09. The first-order valence-electron chi connectivity index (χ1n) is 7.02. The zero-order valence-electron chi connectivity index (χ0n) is 11.9. The number of carbonyl (C=O) groups excluding carboxylic acids is 1. The zero-order valence-corrected chi connectivity index (χ0v) is 11.9. The summed E-state index contributed by atoms with van der Waals surface area (Å²) in [5.41, 5.74) is 1.02. The number of amides is 1. The highest BCUT2D eigenvalue weighted by Crippen LogP contribution is 2.18. The number of aryl methyl sites for hydroxylation is 2. The van der Waals surface area contributed by atoms with E-state index in [0.29, 0.717) is 23.7 Å². The van der Waals surface area contributed by atoms with Crippen LogP contribution in [0.3, 0.4) is 0 Å². The van der Waals surface area contributed by atoms with Crippen LogP contribution in [0.25, 0.3) is 0 Å². The van der Waals surface area contributed by atoms with Gasteiger partial charge in [0.2, 0.25) is 0 Å². The highest BCUT2D eigenvalue weighted by molar-refractivity contribution is 5.93. The lowest BCUT2D eigenvalue weighted by Gasteiger charge is -2.23. The van der Waals surface area contributed by atoms with Gasteiger partial charge in [0, 0.05) is 45.1 Å². The Bertz CT molecular complexity index is 706. The second-order valence-electron chi connectivity index (χ2n) is 5.45. The molecule has 21 heavy (non-hydrogen) atoms. The first-order valence-corrected chi connectivity index (χ1v) is 7.02. The molecule has 3 rings (SSSR count). The maximum absolute atomic E-state index is 12.2. The summed E-state index contributed by atoms with van der Waals surface area (Å²) in [4.78, 5) is 16.5. The van der Waals surface area contributed by atoms with Gasteiger partial charge in [-0.15, -0.1) is 0 Å². The van der Waals surface area contributed by atoms with E-state index in [4.69, 9.17) is 5.26 Å². The molecule has 0 aliphatic carbocycles. The minimum absolute atomic E-state index is 0.129. The van der Waals surface area contributed by atoms with Crippen LogP contribution in [0.4, 0.5) is 0 Å². The van der Waals surface area contributed by atoms with Crippen molar-refractivity contribution in [3.8, 4) is 6.07 Å². The number of aromatic nitrogens is 3. The van der Waals surface area contributed by atoms with Gasteiger partial charge in [-0.05, 0) is 18.4 Å². The average molecular weight is 283 g/mol. The number of carbonyl (C=O) groups is 1. The van der Waals surface area contributed by atoms with E-state index >= 15 is 0 Å². The van der Waals surface area contributed by atoms with Crippen molar-refractivity contribution in [1.29, 1.82) is 5.26 Å². The molecule has 6 nitrogen and oxygen atoms in total. The molecule has 1 N–H and O–H groups in total. The van der Waals surface area contributed by atoms with E-state index in [0.717, 1.165) is 25.2 Å². The summed E-state index contributed by atoms with van der Waals surface area (Å²) < 4.78 is 3.83. The van der Waals surface area contributed by atoms with Gasteiger partial charge < -0.3 is 14.5 Å². The molecule has 0 bridgehead atoms. The molecule has 1 atom stereocenters. The summed E-state index contributed by atoms with van der Waals surface area (Å²) >= 11 is 0. The van der Waals surface area contributed by atoms with Gasteiger partial charge in [0.05, 0.1) is 5.56 Å². The van der Waals surface area contributed by atoms with Crippen molar-refractivity contribution in [3.63, 3.8) is 0 Å². The molecular weight excluding hydrogens is 266 g/mol. The third-order valence-electron chi connectivity index (χ3n) is 3.95. The normalized spacial score (nSPS) is 17.0. The van der Waals surface area contributed by atoms with E-state index in [1.165, 1.54) is 0 Å². The largest absolute Gasteiger partial charge is 0.350 e. The van der Waals surface area contributed by atoms with Gasteiger partial charge in [-0.3, -0.25) is 4.79 Å². The molecular formula is C15H17N5O. The van der Waals surface area contributed by atoms with Gasteiger partial charge in [-0.25, -0.2) is 4.98 Å². The van der Waals surface area contributed by atoms with Gasteiger partial charge in [0.15, 0.2) is 0 Å². The molecule has 0 saturated carbocycles. The SMILES string of the molecule is Cn1cc(C#N)cc1C(=O)NC[C@H]1CCc2nccn2C1. The van der Waals surface area contributed by atoms with Crippen molar-refractivity contribution in [2.75, 3.05) is 6.54 Å². The fourth-order valence-corrected chi connectivity index (χ4v) is 2.78. The van der Waals surface area contributed by atoms with E-state index < -0.39 is 0 Å². The Balaban J connectivity index is 1.59. The predicted molar refractivity (Wildman–Crippen MR) is 76.5 cm³/mol. The Morgan fingerprint density at radius 2 is 2.48 bits per heavy atom. The molecule has 0 fully saturated rings. The number of rotatable bonds is 3. The molecule has 2 aromatic heterocycles. The average Bonchev–Trinajstić information content (AvgIpc) is 3.10. The standard InChI is InChI=1S/C15H17N5O/c1-19-9-12(7-16)6-13(19)15(21)18-8-11-2-3-14-17-4-5-20(14)10-11/h4-6,9,11H,2-3,8,10H2,1H3,(H,18,21)/t11-/m1/s1.